The number of hydrogen-bond acceptors (Lipinski definition) is 6. The molecule has 2 amide bonds. The first kappa shape index (κ1) is 22.3. The van der Waals surface area contributed by atoms with Crippen molar-refractivity contribution in [3.63, 3.8) is 0 Å². The van der Waals surface area contributed by atoms with E-state index in [0.29, 0.717) is 18.1 Å². The molecule has 1 aliphatic heterocycles. The molecule has 1 saturated heterocycles. The third-order valence-corrected chi connectivity index (χ3v) is 5.71. The second-order valence-corrected chi connectivity index (χ2v) is 8.05. The number of methoxy groups -OCH3 is 1. The summed E-state index contributed by atoms with van der Waals surface area (Å²) in [5, 5.41) is 0. The van der Waals surface area contributed by atoms with Crippen molar-refractivity contribution in [1.29, 1.82) is 0 Å². The van der Waals surface area contributed by atoms with Gasteiger partial charge < -0.3 is 9.64 Å². The Morgan fingerprint density at radius 3 is 2.33 bits per heavy atom. The molecule has 2 aromatic carbocycles. The minimum Gasteiger partial charge on any atom is -0.497 e. The maximum atomic E-state index is 13.3. The fourth-order valence-electron chi connectivity index (χ4n) is 4.24. The van der Waals surface area contributed by atoms with Crippen LogP contribution in [0.3, 0.4) is 0 Å². The molecular formula is C25H27N5O3. The molecule has 0 radical (unpaired) electrons. The van der Waals surface area contributed by atoms with Gasteiger partial charge in [0, 0.05) is 23.5 Å². The van der Waals surface area contributed by atoms with Crippen molar-refractivity contribution in [2.24, 2.45) is 5.92 Å². The largest absolute Gasteiger partial charge is 0.497 e. The summed E-state index contributed by atoms with van der Waals surface area (Å²) in [6.45, 7) is 3.74. The van der Waals surface area contributed by atoms with Gasteiger partial charge in [-0.05, 0) is 56.2 Å². The zero-order valence-electron chi connectivity index (χ0n) is 18.9. The number of piperidine rings is 1. The van der Waals surface area contributed by atoms with Gasteiger partial charge >= 0.3 is 0 Å². The van der Waals surface area contributed by atoms with Crippen molar-refractivity contribution in [2.45, 2.75) is 32.7 Å². The summed E-state index contributed by atoms with van der Waals surface area (Å²) >= 11 is 0. The van der Waals surface area contributed by atoms with Crippen LogP contribution in [0.15, 0.2) is 60.7 Å². The number of rotatable bonds is 6. The molecule has 170 valence electrons. The van der Waals surface area contributed by atoms with Crippen LogP contribution in [0.5, 0.6) is 5.75 Å². The molecule has 2 heterocycles. The van der Waals surface area contributed by atoms with Crippen LogP contribution in [0.25, 0.3) is 0 Å². The predicted molar refractivity (Wildman–Crippen MR) is 126 cm³/mol. The molecule has 3 aromatic rings. The van der Waals surface area contributed by atoms with Crippen LogP contribution in [0.1, 0.15) is 35.8 Å². The summed E-state index contributed by atoms with van der Waals surface area (Å²) in [4.78, 5) is 36.7. The van der Waals surface area contributed by atoms with Crippen molar-refractivity contribution in [2.75, 3.05) is 17.4 Å². The molecular weight excluding hydrogens is 418 g/mol. The highest BCUT2D eigenvalue weighted by Crippen LogP contribution is 2.40. The topological polar surface area (TPSA) is 96.5 Å². The van der Waals surface area contributed by atoms with Gasteiger partial charge in [-0.2, -0.15) is 0 Å². The number of hydrogen-bond donors (Lipinski definition) is 2. The van der Waals surface area contributed by atoms with Gasteiger partial charge in [-0.1, -0.05) is 30.3 Å². The Labute approximate surface area is 193 Å². The van der Waals surface area contributed by atoms with E-state index in [0.717, 1.165) is 22.6 Å². The number of amides is 2. The molecule has 2 unspecified atom stereocenters. The van der Waals surface area contributed by atoms with Gasteiger partial charge in [0.25, 0.3) is 0 Å². The maximum absolute atomic E-state index is 13.3. The number of hydrazine groups is 1. The first-order valence-corrected chi connectivity index (χ1v) is 10.9. The summed E-state index contributed by atoms with van der Waals surface area (Å²) in [6, 6.07) is 18.3. The highest BCUT2D eigenvalue weighted by atomic mass is 16.5. The molecule has 0 bridgehead atoms. The molecule has 0 aliphatic carbocycles. The van der Waals surface area contributed by atoms with Gasteiger partial charge in [0.05, 0.1) is 19.1 Å². The van der Waals surface area contributed by atoms with E-state index >= 15 is 0 Å². The van der Waals surface area contributed by atoms with Crippen molar-refractivity contribution in [3.05, 3.63) is 77.6 Å². The minimum absolute atomic E-state index is 0.0244. The van der Waals surface area contributed by atoms with Crippen LogP contribution in [0.2, 0.25) is 0 Å². The van der Waals surface area contributed by atoms with Crippen LogP contribution in [-0.4, -0.2) is 28.9 Å². The number of aryl methyl sites for hydroxylation is 2. The van der Waals surface area contributed by atoms with Gasteiger partial charge in [0.1, 0.15) is 5.75 Å². The van der Waals surface area contributed by atoms with Crippen LogP contribution >= 0.6 is 0 Å². The van der Waals surface area contributed by atoms with E-state index in [1.54, 1.807) is 12.0 Å². The Hall–Kier alpha value is -3.94. The molecule has 1 aliphatic rings. The zero-order chi connectivity index (χ0) is 23.4. The summed E-state index contributed by atoms with van der Waals surface area (Å²) in [5.41, 5.74) is 8.81. The summed E-state index contributed by atoms with van der Waals surface area (Å²) in [6.07, 6.45) is 0.708. The molecule has 1 aromatic heterocycles. The van der Waals surface area contributed by atoms with E-state index < -0.39 is 12.0 Å². The number of nitrogens with zero attached hydrogens (tertiary/aromatic N) is 3. The first-order chi connectivity index (χ1) is 16.0. The van der Waals surface area contributed by atoms with E-state index in [-0.39, 0.29) is 18.2 Å². The summed E-state index contributed by atoms with van der Waals surface area (Å²) in [5.74, 6) is 0.314. The van der Waals surface area contributed by atoms with Gasteiger partial charge in [-0.25, -0.2) is 9.97 Å². The number of nitrogens with one attached hydrogen (secondary N) is 2. The Kier molecular flexibility index (Phi) is 6.53. The Morgan fingerprint density at radius 2 is 1.70 bits per heavy atom. The second kappa shape index (κ2) is 9.68. The average molecular weight is 446 g/mol. The molecule has 2 N–H and O–H groups in total. The average Bonchev–Trinajstić information content (AvgIpc) is 2.82. The fourth-order valence-corrected chi connectivity index (χ4v) is 4.24. The number of ether oxygens (including phenoxy) is 1. The lowest BCUT2D eigenvalue weighted by Crippen LogP contribution is -2.49. The second-order valence-electron chi connectivity index (χ2n) is 8.05. The quantitative estimate of drug-likeness (QED) is 0.561. The minimum atomic E-state index is -0.467. The van der Waals surface area contributed by atoms with E-state index in [2.05, 4.69) is 20.8 Å². The third kappa shape index (κ3) is 4.95. The van der Waals surface area contributed by atoms with Crippen LogP contribution in [0.4, 0.5) is 11.6 Å². The van der Waals surface area contributed by atoms with Crippen molar-refractivity contribution in [3.8, 4) is 5.75 Å². The Balaban J connectivity index is 1.63. The molecule has 33 heavy (non-hydrogen) atoms. The fraction of sp³-hybridized carbons (Fsp3) is 0.280. The number of carbonyl (C=O) groups excluding carboxylic acids is 2. The van der Waals surface area contributed by atoms with E-state index in [4.69, 9.17) is 4.74 Å². The summed E-state index contributed by atoms with van der Waals surface area (Å²) in [7, 11) is 1.60. The third-order valence-electron chi connectivity index (χ3n) is 5.71. The standard InChI is InChI=1S/C25H27N5O3/c1-16-15-17(2)27-25(26-16)29-28-24(32)21-13-14-22(31)30(19-9-11-20(33-3)12-10-19)23(21)18-7-5-4-6-8-18/h4-12,15,21,23H,13-14H2,1-3H3,(H,28,32)(H,26,27,29). The number of aromatic nitrogens is 2. The normalized spacial score (nSPS) is 18.0. The lowest BCUT2D eigenvalue weighted by atomic mass is 9.83. The lowest BCUT2D eigenvalue weighted by molar-refractivity contribution is -0.129. The van der Waals surface area contributed by atoms with Gasteiger partial charge in [0.15, 0.2) is 0 Å². The molecule has 1 fully saturated rings. The van der Waals surface area contributed by atoms with E-state index in [9.17, 15) is 9.59 Å². The predicted octanol–water partition coefficient (Wildman–Crippen LogP) is 3.73. The van der Waals surface area contributed by atoms with Crippen molar-refractivity contribution >= 4 is 23.5 Å². The maximum Gasteiger partial charge on any atom is 0.243 e. The molecule has 4 rings (SSSR count). The zero-order valence-corrected chi connectivity index (χ0v) is 18.9. The van der Waals surface area contributed by atoms with Crippen molar-refractivity contribution in [1.82, 2.24) is 15.4 Å². The first-order valence-electron chi connectivity index (χ1n) is 10.9. The Bertz CT molecular complexity index is 1110. The van der Waals surface area contributed by atoms with Crippen LogP contribution in [0, 0.1) is 19.8 Å². The lowest BCUT2D eigenvalue weighted by Gasteiger charge is -2.40. The number of benzene rings is 2. The summed E-state index contributed by atoms with van der Waals surface area (Å²) < 4.78 is 5.26. The highest BCUT2D eigenvalue weighted by molar-refractivity contribution is 5.97. The Morgan fingerprint density at radius 1 is 1.03 bits per heavy atom. The van der Waals surface area contributed by atoms with Gasteiger partial charge in [-0.3, -0.25) is 20.4 Å². The SMILES string of the molecule is COc1ccc(N2C(=O)CCC(C(=O)NNc3nc(C)cc(C)n3)C2c2ccccc2)cc1. The monoisotopic (exact) mass is 445 g/mol. The molecule has 8 nitrogen and oxygen atoms in total. The smallest absolute Gasteiger partial charge is 0.243 e. The molecule has 8 heteroatoms. The van der Waals surface area contributed by atoms with Gasteiger partial charge in [-0.15, -0.1) is 0 Å². The van der Waals surface area contributed by atoms with E-state index in [1.807, 2.05) is 74.5 Å². The number of carbonyl (C=O) groups is 2. The number of anilines is 2. The highest BCUT2D eigenvalue weighted by Gasteiger charge is 2.41. The van der Waals surface area contributed by atoms with Crippen molar-refractivity contribution < 1.29 is 14.3 Å². The van der Waals surface area contributed by atoms with Crippen LogP contribution < -0.4 is 20.5 Å². The molecule has 2 atom stereocenters. The van der Waals surface area contributed by atoms with Gasteiger partial charge in [0.2, 0.25) is 17.8 Å². The molecule has 0 spiro atoms. The molecule has 0 saturated carbocycles. The van der Waals surface area contributed by atoms with Crippen LogP contribution in [-0.2, 0) is 9.59 Å². The van der Waals surface area contributed by atoms with E-state index in [1.165, 1.54) is 0 Å².